The molecule has 0 spiro atoms. The van der Waals surface area contributed by atoms with Crippen molar-refractivity contribution in [2.75, 3.05) is 7.05 Å². The van der Waals surface area contributed by atoms with Gasteiger partial charge in [0.15, 0.2) is 0 Å². The minimum atomic E-state index is 0.148. The van der Waals surface area contributed by atoms with E-state index in [4.69, 9.17) is 16.3 Å². The van der Waals surface area contributed by atoms with Gasteiger partial charge in [-0.25, -0.2) is 0 Å². The van der Waals surface area contributed by atoms with Crippen molar-refractivity contribution in [1.82, 2.24) is 5.32 Å². The number of fused-ring (bicyclic) bond motifs is 1. The highest BCUT2D eigenvalue weighted by molar-refractivity contribution is 9.10. The molecule has 1 heterocycles. The van der Waals surface area contributed by atoms with Crippen LogP contribution < -0.4 is 5.32 Å². The van der Waals surface area contributed by atoms with Crippen LogP contribution in [0.4, 0.5) is 0 Å². The molecular weight excluding hydrogens is 338 g/mol. The van der Waals surface area contributed by atoms with E-state index in [1.165, 1.54) is 22.3 Å². The highest BCUT2D eigenvalue weighted by atomic mass is 79.9. The molecule has 1 atom stereocenters. The Bertz CT molecular complexity index is 644. The SMILES string of the molecule is CNC(c1ccc(Cl)c(Br)c1)c1ccc2c(c1)COC2. The zero-order valence-corrected chi connectivity index (χ0v) is 13.5. The van der Waals surface area contributed by atoms with E-state index >= 15 is 0 Å². The van der Waals surface area contributed by atoms with E-state index in [0.29, 0.717) is 6.61 Å². The molecule has 3 rings (SSSR count). The van der Waals surface area contributed by atoms with Crippen molar-refractivity contribution in [3.63, 3.8) is 0 Å². The summed E-state index contributed by atoms with van der Waals surface area (Å²) in [6.45, 7) is 1.44. The summed E-state index contributed by atoms with van der Waals surface area (Å²) in [4.78, 5) is 0. The monoisotopic (exact) mass is 351 g/mol. The van der Waals surface area contributed by atoms with Crippen LogP contribution >= 0.6 is 27.5 Å². The fraction of sp³-hybridized carbons (Fsp3) is 0.250. The third-order valence-corrected chi connectivity index (χ3v) is 4.86. The van der Waals surface area contributed by atoms with Gasteiger partial charge in [-0.3, -0.25) is 0 Å². The van der Waals surface area contributed by atoms with E-state index in [-0.39, 0.29) is 6.04 Å². The third-order valence-electron chi connectivity index (χ3n) is 3.64. The van der Waals surface area contributed by atoms with Crippen molar-refractivity contribution in [2.24, 2.45) is 0 Å². The zero-order valence-electron chi connectivity index (χ0n) is 11.1. The Morgan fingerprint density at radius 3 is 2.55 bits per heavy atom. The van der Waals surface area contributed by atoms with Crippen molar-refractivity contribution in [3.8, 4) is 0 Å². The van der Waals surface area contributed by atoms with Crippen molar-refractivity contribution in [2.45, 2.75) is 19.3 Å². The summed E-state index contributed by atoms with van der Waals surface area (Å²) < 4.78 is 6.40. The molecule has 1 aliphatic rings. The second kappa shape index (κ2) is 5.86. The average Bonchev–Trinajstić information content (AvgIpc) is 2.91. The molecule has 0 aromatic heterocycles. The molecule has 0 amide bonds. The molecule has 1 unspecified atom stereocenters. The van der Waals surface area contributed by atoms with Gasteiger partial charge >= 0.3 is 0 Å². The van der Waals surface area contributed by atoms with Gasteiger partial charge in [0, 0.05) is 4.47 Å². The van der Waals surface area contributed by atoms with Crippen LogP contribution in [0.15, 0.2) is 40.9 Å². The second-order valence-electron chi connectivity index (χ2n) is 4.92. The number of ether oxygens (including phenoxy) is 1. The van der Waals surface area contributed by atoms with Crippen LogP contribution in [-0.4, -0.2) is 7.05 Å². The van der Waals surface area contributed by atoms with Crippen LogP contribution in [-0.2, 0) is 18.0 Å². The summed E-state index contributed by atoms with van der Waals surface area (Å²) >= 11 is 9.55. The Morgan fingerprint density at radius 2 is 1.80 bits per heavy atom. The third kappa shape index (κ3) is 2.63. The van der Waals surface area contributed by atoms with Crippen LogP contribution in [0.3, 0.4) is 0 Å². The summed E-state index contributed by atoms with van der Waals surface area (Å²) in [6, 6.07) is 12.7. The first kappa shape index (κ1) is 14.1. The molecule has 2 nitrogen and oxygen atoms in total. The molecule has 4 heteroatoms. The minimum Gasteiger partial charge on any atom is -0.372 e. The molecule has 0 saturated heterocycles. The zero-order chi connectivity index (χ0) is 14.1. The van der Waals surface area contributed by atoms with E-state index < -0.39 is 0 Å². The Labute approximate surface area is 132 Å². The Morgan fingerprint density at radius 1 is 1.10 bits per heavy atom. The molecule has 104 valence electrons. The van der Waals surface area contributed by atoms with Crippen LogP contribution in [0, 0.1) is 0 Å². The van der Waals surface area contributed by atoms with Gasteiger partial charge in [0.2, 0.25) is 0 Å². The smallest absolute Gasteiger partial charge is 0.0725 e. The number of nitrogens with one attached hydrogen (secondary N) is 1. The highest BCUT2D eigenvalue weighted by Gasteiger charge is 2.17. The molecule has 1 N–H and O–H groups in total. The van der Waals surface area contributed by atoms with Crippen molar-refractivity contribution >= 4 is 27.5 Å². The maximum Gasteiger partial charge on any atom is 0.0725 e. The molecule has 0 bridgehead atoms. The number of halogens is 2. The van der Waals surface area contributed by atoms with E-state index in [2.05, 4.69) is 51.6 Å². The number of rotatable bonds is 3. The largest absolute Gasteiger partial charge is 0.372 e. The van der Waals surface area contributed by atoms with Gasteiger partial charge < -0.3 is 10.1 Å². The van der Waals surface area contributed by atoms with Gasteiger partial charge in [-0.1, -0.05) is 35.9 Å². The van der Waals surface area contributed by atoms with E-state index in [1.54, 1.807) is 0 Å². The Hall–Kier alpha value is -0.870. The quantitative estimate of drug-likeness (QED) is 0.881. The van der Waals surface area contributed by atoms with Gasteiger partial charge in [0.1, 0.15) is 0 Å². The Balaban J connectivity index is 1.98. The highest BCUT2D eigenvalue weighted by Crippen LogP contribution is 2.31. The first-order valence-corrected chi connectivity index (χ1v) is 7.68. The van der Waals surface area contributed by atoms with Crippen LogP contribution in [0.1, 0.15) is 28.3 Å². The normalized spacial score (nSPS) is 15.2. The number of hydrogen-bond acceptors (Lipinski definition) is 2. The predicted molar refractivity (Wildman–Crippen MR) is 85.0 cm³/mol. The summed E-state index contributed by atoms with van der Waals surface area (Å²) in [7, 11) is 1.97. The van der Waals surface area contributed by atoms with Crippen LogP contribution in [0.25, 0.3) is 0 Å². The fourth-order valence-corrected chi connectivity index (χ4v) is 3.10. The molecule has 0 radical (unpaired) electrons. The van der Waals surface area contributed by atoms with Crippen molar-refractivity contribution in [3.05, 3.63) is 68.1 Å². The fourth-order valence-electron chi connectivity index (χ4n) is 2.59. The molecule has 1 aliphatic heterocycles. The summed E-state index contributed by atoms with van der Waals surface area (Å²) in [5, 5.41) is 4.10. The van der Waals surface area contributed by atoms with Gasteiger partial charge in [-0.2, -0.15) is 0 Å². The molecule has 0 saturated carbocycles. The molecule has 2 aromatic carbocycles. The minimum absolute atomic E-state index is 0.148. The maximum atomic E-state index is 6.07. The average molecular weight is 353 g/mol. The van der Waals surface area contributed by atoms with Gasteiger partial charge in [0.25, 0.3) is 0 Å². The first-order valence-electron chi connectivity index (χ1n) is 6.50. The molecule has 0 fully saturated rings. The van der Waals surface area contributed by atoms with E-state index in [1.807, 2.05) is 13.1 Å². The van der Waals surface area contributed by atoms with Crippen molar-refractivity contribution < 1.29 is 4.74 Å². The molecule has 20 heavy (non-hydrogen) atoms. The van der Waals surface area contributed by atoms with Crippen LogP contribution in [0.5, 0.6) is 0 Å². The standard InChI is InChI=1S/C16H15BrClNO/c1-19-16(11-4-5-15(18)14(17)7-11)10-2-3-12-8-20-9-13(12)6-10/h2-7,16,19H,8-9H2,1H3. The lowest BCUT2D eigenvalue weighted by Crippen LogP contribution is -2.17. The van der Waals surface area contributed by atoms with E-state index in [0.717, 1.165) is 16.1 Å². The van der Waals surface area contributed by atoms with Gasteiger partial charge in [0.05, 0.1) is 24.3 Å². The molecule has 0 aliphatic carbocycles. The summed E-state index contributed by atoms with van der Waals surface area (Å²) in [5.41, 5.74) is 5.00. The lowest BCUT2D eigenvalue weighted by molar-refractivity contribution is 0.134. The second-order valence-corrected chi connectivity index (χ2v) is 6.18. The molecular formula is C16H15BrClNO. The number of hydrogen-bond donors (Lipinski definition) is 1. The topological polar surface area (TPSA) is 21.3 Å². The van der Waals surface area contributed by atoms with Gasteiger partial charge in [-0.15, -0.1) is 0 Å². The summed E-state index contributed by atoms with van der Waals surface area (Å²) in [5.74, 6) is 0. The maximum absolute atomic E-state index is 6.07. The van der Waals surface area contributed by atoms with Gasteiger partial charge in [-0.05, 0) is 57.4 Å². The van der Waals surface area contributed by atoms with Crippen LogP contribution in [0.2, 0.25) is 5.02 Å². The van der Waals surface area contributed by atoms with E-state index in [9.17, 15) is 0 Å². The Kier molecular flexibility index (Phi) is 4.13. The first-order chi connectivity index (χ1) is 9.69. The predicted octanol–water partition coefficient (Wildman–Crippen LogP) is 4.44. The van der Waals surface area contributed by atoms with Crippen molar-refractivity contribution in [1.29, 1.82) is 0 Å². The number of benzene rings is 2. The lowest BCUT2D eigenvalue weighted by Gasteiger charge is -2.18. The molecule has 2 aromatic rings. The lowest BCUT2D eigenvalue weighted by atomic mass is 9.96. The summed E-state index contributed by atoms with van der Waals surface area (Å²) in [6.07, 6.45) is 0.